The van der Waals surface area contributed by atoms with E-state index in [4.69, 9.17) is 0 Å². The third-order valence-corrected chi connectivity index (χ3v) is 3.20. The predicted octanol–water partition coefficient (Wildman–Crippen LogP) is 3.53. The van der Waals surface area contributed by atoms with Crippen LogP contribution in [0.5, 0.6) is 5.75 Å². The molecule has 0 radical (unpaired) electrons. The molecule has 2 rings (SSSR count). The average Bonchev–Trinajstić information content (AvgIpc) is 2.46. The molecular formula is C17H19NO2. The first-order chi connectivity index (χ1) is 9.67. The summed E-state index contributed by atoms with van der Waals surface area (Å²) in [4.78, 5) is 11.8. The number of aryl methyl sites for hydroxylation is 2. The molecular weight excluding hydrogens is 250 g/mol. The van der Waals surface area contributed by atoms with Crippen molar-refractivity contribution in [2.24, 2.45) is 0 Å². The van der Waals surface area contributed by atoms with Crippen LogP contribution in [-0.2, 0) is 17.6 Å². The van der Waals surface area contributed by atoms with Crippen molar-refractivity contribution in [3.63, 3.8) is 0 Å². The lowest BCUT2D eigenvalue weighted by Gasteiger charge is -2.06. The summed E-state index contributed by atoms with van der Waals surface area (Å²) in [7, 11) is 0. The standard InChI is InChI=1S/C17H19NO2/c1-2-13-6-8-14(9-7-13)10-11-17(20)18-15-4-3-5-16(19)12-15/h3-9,12,19H,2,10-11H2,1H3,(H,18,20). The Hall–Kier alpha value is -2.29. The number of phenolic OH excluding ortho intramolecular Hbond substituents is 1. The van der Waals surface area contributed by atoms with Gasteiger partial charge in [-0.25, -0.2) is 0 Å². The van der Waals surface area contributed by atoms with Crippen LogP contribution in [0.15, 0.2) is 48.5 Å². The van der Waals surface area contributed by atoms with Crippen molar-refractivity contribution in [1.82, 2.24) is 0 Å². The van der Waals surface area contributed by atoms with Crippen LogP contribution in [0, 0.1) is 0 Å². The molecule has 0 aliphatic heterocycles. The molecule has 0 saturated heterocycles. The fourth-order valence-corrected chi connectivity index (χ4v) is 2.01. The number of rotatable bonds is 5. The molecule has 2 aromatic rings. The molecule has 1 amide bonds. The number of hydrogen-bond acceptors (Lipinski definition) is 2. The van der Waals surface area contributed by atoms with Gasteiger partial charge in [-0.3, -0.25) is 4.79 Å². The molecule has 0 aliphatic rings. The topological polar surface area (TPSA) is 49.3 Å². The summed E-state index contributed by atoms with van der Waals surface area (Å²) in [6, 6.07) is 14.9. The van der Waals surface area contributed by atoms with Gasteiger partial charge in [0.05, 0.1) is 0 Å². The fraction of sp³-hybridized carbons (Fsp3) is 0.235. The third-order valence-electron chi connectivity index (χ3n) is 3.20. The van der Waals surface area contributed by atoms with Crippen molar-refractivity contribution in [3.05, 3.63) is 59.7 Å². The molecule has 0 spiro atoms. The van der Waals surface area contributed by atoms with Crippen LogP contribution in [0.25, 0.3) is 0 Å². The first kappa shape index (κ1) is 14.1. The molecule has 0 fully saturated rings. The number of carbonyl (C=O) groups excluding carboxylic acids is 1. The molecule has 0 heterocycles. The smallest absolute Gasteiger partial charge is 0.224 e. The molecule has 2 aromatic carbocycles. The Kier molecular flexibility index (Phi) is 4.77. The summed E-state index contributed by atoms with van der Waals surface area (Å²) in [6.07, 6.45) is 2.17. The largest absolute Gasteiger partial charge is 0.508 e. The highest BCUT2D eigenvalue weighted by Gasteiger charge is 2.04. The maximum absolute atomic E-state index is 11.8. The summed E-state index contributed by atoms with van der Waals surface area (Å²) in [6.45, 7) is 2.12. The zero-order chi connectivity index (χ0) is 14.4. The summed E-state index contributed by atoms with van der Waals surface area (Å²) in [5.41, 5.74) is 3.09. The monoisotopic (exact) mass is 269 g/mol. The van der Waals surface area contributed by atoms with Gasteiger partial charge in [0.25, 0.3) is 0 Å². The van der Waals surface area contributed by atoms with Crippen molar-refractivity contribution in [2.75, 3.05) is 5.32 Å². The quantitative estimate of drug-likeness (QED) is 0.872. The average molecular weight is 269 g/mol. The fourth-order valence-electron chi connectivity index (χ4n) is 2.01. The van der Waals surface area contributed by atoms with E-state index in [0.717, 1.165) is 12.0 Å². The summed E-state index contributed by atoms with van der Waals surface area (Å²) in [5, 5.41) is 12.1. The number of phenols is 1. The lowest BCUT2D eigenvalue weighted by atomic mass is 10.1. The van der Waals surface area contributed by atoms with Gasteiger partial charge in [0.1, 0.15) is 5.75 Å². The molecule has 0 atom stereocenters. The van der Waals surface area contributed by atoms with Crippen LogP contribution in [0.4, 0.5) is 5.69 Å². The predicted molar refractivity (Wildman–Crippen MR) is 80.9 cm³/mol. The van der Waals surface area contributed by atoms with Crippen LogP contribution in [-0.4, -0.2) is 11.0 Å². The highest BCUT2D eigenvalue weighted by Crippen LogP contribution is 2.16. The van der Waals surface area contributed by atoms with Gasteiger partial charge in [-0.05, 0) is 36.1 Å². The summed E-state index contributed by atoms with van der Waals surface area (Å²) in [5.74, 6) is 0.105. The molecule has 0 aromatic heterocycles. The minimum absolute atomic E-state index is 0.0461. The van der Waals surface area contributed by atoms with E-state index < -0.39 is 0 Å². The molecule has 0 bridgehead atoms. The molecule has 3 heteroatoms. The van der Waals surface area contributed by atoms with Gasteiger partial charge < -0.3 is 10.4 Å². The number of hydrogen-bond donors (Lipinski definition) is 2. The second-order valence-corrected chi connectivity index (χ2v) is 4.77. The number of aromatic hydroxyl groups is 1. The molecule has 0 aliphatic carbocycles. The Labute approximate surface area is 119 Å². The van der Waals surface area contributed by atoms with Crippen LogP contribution in [0.3, 0.4) is 0 Å². The van der Waals surface area contributed by atoms with Crippen LogP contribution in [0.2, 0.25) is 0 Å². The second kappa shape index (κ2) is 6.75. The normalized spacial score (nSPS) is 10.2. The number of carbonyl (C=O) groups is 1. The third kappa shape index (κ3) is 4.12. The zero-order valence-electron chi connectivity index (χ0n) is 11.6. The first-order valence-corrected chi connectivity index (χ1v) is 6.84. The molecule has 0 saturated carbocycles. The van der Waals surface area contributed by atoms with Gasteiger partial charge in [-0.15, -0.1) is 0 Å². The van der Waals surface area contributed by atoms with E-state index in [-0.39, 0.29) is 11.7 Å². The number of nitrogens with one attached hydrogen (secondary N) is 1. The second-order valence-electron chi connectivity index (χ2n) is 4.77. The molecule has 2 N–H and O–H groups in total. The highest BCUT2D eigenvalue weighted by molar-refractivity contribution is 5.91. The van der Waals surface area contributed by atoms with Gasteiger partial charge >= 0.3 is 0 Å². The Morgan fingerprint density at radius 3 is 2.45 bits per heavy atom. The molecule has 104 valence electrons. The SMILES string of the molecule is CCc1ccc(CCC(=O)Nc2cccc(O)c2)cc1. The summed E-state index contributed by atoms with van der Waals surface area (Å²) >= 11 is 0. The van der Waals surface area contributed by atoms with Crippen molar-refractivity contribution in [1.29, 1.82) is 0 Å². The first-order valence-electron chi connectivity index (χ1n) is 6.84. The van der Waals surface area contributed by atoms with Gasteiger partial charge in [0.15, 0.2) is 0 Å². The van der Waals surface area contributed by atoms with Crippen LogP contribution in [0.1, 0.15) is 24.5 Å². The number of benzene rings is 2. The Morgan fingerprint density at radius 2 is 1.80 bits per heavy atom. The van der Waals surface area contributed by atoms with Gasteiger partial charge in [-0.1, -0.05) is 37.3 Å². The minimum atomic E-state index is -0.0461. The van der Waals surface area contributed by atoms with E-state index in [1.165, 1.54) is 11.6 Å². The van der Waals surface area contributed by atoms with Crippen molar-refractivity contribution < 1.29 is 9.90 Å². The van der Waals surface area contributed by atoms with Crippen LogP contribution >= 0.6 is 0 Å². The lowest BCUT2D eigenvalue weighted by molar-refractivity contribution is -0.116. The molecule has 3 nitrogen and oxygen atoms in total. The zero-order valence-corrected chi connectivity index (χ0v) is 11.6. The molecule has 0 unspecified atom stereocenters. The Balaban J connectivity index is 1.85. The maximum atomic E-state index is 11.8. The Bertz CT molecular complexity index is 576. The van der Waals surface area contributed by atoms with Gasteiger partial charge in [-0.2, -0.15) is 0 Å². The number of anilines is 1. The maximum Gasteiger partial charge on any atom is 0.224 e. The highest BCUT2D eigenvalue weighted by atomic mass is 16.3. The molecule has 20 heavy (non-hydrogen) atoms. The van der Waals surface area contributed by atoms with E-state index in [9.17, 15) is 9.90 Å². The summed E-state index contributed by atoms with van der Waals surface area (Å²) < 4.78 is 0. The van der Waals surface area contributed by atoms with E-state index in [1.54, 1.807) is 18.2 Å². The van der Waals surface area contributed by atoms with Crippen LogP contribution < -0.4 is 5.32 Å². The van der Waals surface area contributed by atoms with E-state index in [0.29, 0.717) is 18.5 Å². The number of amides is 1. The van der Waals surface area contributed by atoms with Crippen molar-refractivity contribution >= 4 is 11.6 Å². The van der Waals surface area contributed by atoms with Crippen molar-refractivity contribution in [2.45, 2.75) is 26.2 Å². The van der Waals surface area contributed by atoms with Crippen molar-refractivity contribution in [3.8, 4) is 5.75 Å². The Morgan fingerprint density at radius 1 is 1.10 bits per heavy atom. The van der Waals surface area contributed by atoms with Gasteiger partial charge in [0, 0.05) is 18.2 Å². The van der Waals surface area contributed by atoms with E-state index in [2.05, 4.69) is 36.5 Å². The van der Waals surface area contributed by atoms with E-state index >= 15 is 0 Å². The minimum Gasteiger partial charge on any atom is -0.508 e. The lowest BCUT2D eigenvalue weighted by Crippen LogP contribution is -2.12. The van der Waals surface area contributed by atoms with Gasteiger partial charge in [0.2, 0.25) is 5.91 Å². The van der Waals surface area contributed by atoms with E-state index in [1.807, 2.05) is 0 Å².